The summed E-state index contributed by atoms with van der Waals surface area (Å²) in [7, 11) is 0. The molecule has 0 aliphatic heterocycles. The molecule has 1 heterocycles. The molecule has 0 unspecified atom stereocenters. The number of hydrogen-bond donors (Lipinski definition) is 1. The van der Waals surface area contributed by atoms with Gasteiger partial charge in [-0.1, -0.05) is 24.6 Å². The second-order valence-electron chi connectivity index (χ2n) is 5.99. The van der Waals surface area contributed by atoms with Gasteiger partial charge in [-0.3, -0.25) is 14.9 Å². The summed E-state index contributed by atoms with van der Waals surface area (Å²) in [5, 5.41) is 23.9. The third kappa shape index (κ3) is 3.69. The van der Waals surface area contributed by atoms with Gasteiger partial charge in [-0.15, -0.1) is 11.3 Å². The molecule has 0 fully saturated rings. The Morgan fingerprint density at radius 3 is 2.80 bits per heavy atom. The minimum Gasteiger partial charge on any atom is -0.316 e. The van der Waals surface area contributed by atoms with Crippen LogP contribution in [0.5, 0.6) is 0 Å². The number of nitro benzene ring substituents is 1. The van der Waals surface area contributed by atoms with Gasteiger partial charge in [-0.25, -0.2) is 0 Å². The standard InChI is InChI=1S/C18H17N3O3S/c19-11-14-13-7-2-1-3-9-16(13)25-18(14)20-17(22)10-12-6-4-5-8-15(12)21(23)24/h4-6,8H,1-3,7,9-10H2,(H,20,22). The number of carbonyl (C=O) groups excluding carboxylic acids is 1. The number of nitro groups is 1. The lowest BCUT2D eigenvalue weighted by atomic mass is 10.1. The van der Waals surface area contributed by atoms with Crippen LogP contribution in [0, 0.1) is 21.4 Å². The van der Waals surface area contributed by atoms with Crippen LogP contribution in [0.25, 0.3) is 0 Å². The van der Waals surface area contributed by atoms with Crippen molar-refractivity contribution in [3.8, 4) is 6.07 Å². The third-order valence-electron chi connectivity index (χ3n) is 4.33. The average molecular weight is 355 g/mol. The lowest BCUT2D eigenvalue weighted by molar-refractivity contribution is -0.385. The number of nitrogens with one attached hydrogen (secondary N) is 1. The van der Waals surface area contributed by atoms with Gasteiger partial charge in [0.1, 0.15) is 11.1 Å². The van der Waals surface area contributed by atoms with Gasteiger partial charge in [0, 0.05) is 16.5 Å². The predicted molar refractivity (Wildman–Crippen MR) is 95.7 cm³/mol. The number of fused-ring (bicyclic) bond motifs is 1. The fourth-order valence-corrected chi connectivity index (χ4v) is 4.39. The normalized spacial score (nSPS) is 13.4. The van der Waals surface area contributed by atoms with Gasteiger partial charge in [-0.05, 0) is 31.2 Å². The molecule has 0 saturated heterocycles. The fourth-order valence-electron chi connectivity index (χ4n) is 3.13. The summed E-state index contributed by atoms with van der Waals surface area (Å²) < 4.78 is 0. The number of benzene rings is 1. The molecule has 0 spiro atoms. The van der Waals surface area contributed by atoms with Crippen LogP contribution in [-0.2, 0) is 24.1 Å². The van der Waals surface area contributed by atoms with Crippen LogP contribution in [0.1, 0.15) is 40.8 Å². The number of nitriles is 1. The first-order valence-electron chi connectivity index (χ1n) is 8.17. The Kier molecular flexibility index (Phi) is 5.10. The Labute approximate surface area is 149 Å². The number of nitrogens with zero attached hydrogens (tertiary/aromatic N) is 2. The Balaban J connectivity index is 1.80. The van der Waals surface area contributed by atoms with Crippen LogP contribution in [0.4, 0.5) is 10.7 Å². The molecule has 2 aromatic rings. The first-order chi connectivity index (χ1) is 12.1. The highest BCUT2D eigenvalue weighted by Crippen LogP contribution is 2.37. The second-order valence-corrected chi connectivity index (χ2v) is 7.10. The highest BCUT2D eigenvalue weighted by Gasteiger charge is 2.22. The Morgan fingerprint density at radius 2 is 2.04 bits per heavy atom. The predicted octanol–water partition coefficient (Wildman–Crippen LogP) is 3.98. The summed E-state index contributed by atoms with van der Waals surface area (Å²) in [6.45, 7) is 0. The molecule has 128 valence electrons. The van der Waals surface area contributed by atoms with Crippen molar-refractivity contribution in [2.24, 2.45) is 0 Å². The van der Waals surface area contributed by atoms with Gasteiger partial charge in [0.15, 0.2) is 0 Å². The summed E-state index contributed by atoms with van der Waals surface area (Å²) >= 11 is 1.46. The first kappa shape index (κ1) is 17.1. The molecule has 1 aliphatic rings. The van der Waals surface area contributed by atoms with Gasteiger partial charge >= 0.3 is 0 Å². The summed E-state index contributed by atoms with van der Waals surface area (Å²) in [6, 6.07) is 8.42. The largest absolute Gasteiger partial charge is 0.316 e. The quantitative estimate of drug-likeness (QED) is 0.510. The van der Waals surface area contributed by atoms with Crippen LogP contribution in [0.15, 0.2) is 24.3 Å². The number of thiophene rings is 1. The molecule has 0 radical (unpaired) electrons. The molecule has 0 saturated carbocycles. The Hall–Kier alpha value is -2.72. The molecule has 1 aromatic carbocycles. The van der Waals surface area contributed by atoms with E-state index in [9.17, 15) is 20.2 Å². The molecule has 1 N–H and O–H groups in total. The number of carbonyl (C=O) groups is 1. The SMILES string of the molecule is N#Cc1c(NC(=O)Cc2ccccc2[N+](=O)[O-])sc2c1CCCCC2. The third-order valence-corrected chi connectivity index (χ3v) is 5.53. The van der Waals surface area contributed by atoms with E-state index < -0.39 is 4.92 Å². The molecule has 1 aromatic heterocycles. The van der Waals surface area contributed by atoms with Crippen molar-refractivity contribution in [3.05, 3.63) is 55.9 Å². The van der Waals surface area contributed by atoms with Crippen molar-refractivity contribution in [1.82, 2.24) is 0 Å². The number of amides is 1. The van der Waals surface area contributed by atoms with E-state index in [4.69, 9.17) is 0 Å². The summed E-state index contributed by atoms with van der Waals surface area (Å²) in [6.07, 6.45) is 5.03. The lowest BCUT2D eigenvalue weighted by Crippen LogP contribution is -2.15. The number of para-hydroxylation sites is 1. The van der Waals surface area contributed by atoms with Crippen molar-refractivity contribution >= 4 is 27.9 Å². The Morgan fingerprint density at radius 1 is 1.28 bits per heavy atom. The van der Waals surface area contributed by atoms with E-state index in [1.54, 1.807) is 18.2 Å². The van der Waals surface area contributed by atoms with Crippen LogP contribution < -0.4 is 5.32 Å². The van der Waals surface area contributed by atoms with E-state index in [0.29, 0.717) is 16.1 Å². The van der Waals surface area contributed by atoms with Gasteiger partial charge in [-0.2, -0.15) is 5.26 Å². The fraction of sp³-hybridized carbons (Fsp3) is 0.333. The van der Waals surface area contributed by atoms with Gasteiger partial charge in [0.05, 0.1) is 16.9 Å². The van der Waals surface area contributed by atoms with Gasteiger partial charge in [0.25, 0.3) is 5.69 Å². The van der Waals surface area contributed by atoms with Crippen molar-refractivity contribution in [1.29, 1.82) is 5.26 Å². The maximum Gasteiger partial charge on any atom is 0.273 e. The smallest absolute Gasteiger partial charge is 0.273 e. The highest BCUT2D eigenvalue weighted by molar-refractivity contribution is 7.16. The van der Waals surface area contributed by atoms with E-state index >= 15 is 0 Å². The molecule has 6 nitrogen and oxygen atoms in total. The second kappa shape index (κ2) is 7.45. The van der Waals surface area contributed by atoms with Gasteiger partial charge in [0.2, 0.25) is 5.91 Å². The maximum atomic E-state index is 12.4. The van der Waals surface area contributed by atoms with E-state index in [-0.39, 0.29) is 18.0 Å². The van der Waals surface area contributed by atoms with Crippen molar-refractivity contribution in [2.45, 2.75) is 38.5 Å². The molecule has 1 amide bonds. The molecular weight excluding hydrogens is 338 g/mol. The van der Waals surface area contributed by atoms with Gasteiger partial charge < -0.3 is 5.32 Å². The molecule has 0 bridgehead atoms. The zero-order chi connectivity index (χ0) is 17.8. The number of anilines is 1. The Bertz CT molecular complexity index is 867. The van der Waals surface area contributed by atoms with Crippen LogP contribution >= 0.6 is 11.3 Å². The summed E-state index contributed by atoms with van der Waals surface area (Å²) in [5.41, 5.74) is 1.91. The minimum atomic E-state index is -0.489. The van der Waals surface area contributed by atoms with E-state index in [0.717, 1.165) is 37.7 Å². The van der Waals surface area contributed by atoms with Crippen molar-refractivity contribution in [3.63, 3.8) is 0 Å². The zero-order valence-corrected chi connectivity index (χ0v) is 14.4. The van der Waals surface area contributed by atoms with Crippen molar-refractivity contribution < 1.29 is 9.72 Å². The monoisotopic (exact) mass is 355 g/mol. The first-order valence-corrected chi connectivity index (χ1v) is 8.98. The van der Waals surface area contributed by atoms with E-state index in [1.807, 2.05) is 0 Å². The lowest BCUT2D eigenvalue weighted by Gasteiger charge is -2.05. The zero-order valence-electron chi connectivity index (χ0n) is 13.6. The van der Waals surface area contributed by atoms with E-state index in [2.05, 4.69) is 11.4 Å². The summed E-state index contributed by atoms with van der Waals surface area (Å²) in [5.74, 6) is -0.345. The highest BCUT2D eigenvalue weighted by atomic mass is 32.1. The molecular formula is C18H17N3O3S. The minimum absolute atomic E-state index is 0.0693. The van der Waals surface area contributed by atoms with Crippen LogP contribution in [0.3, 0.4) is 0 Å². The molecule has 0 atom stereocenters. The topological polar surface area (TPSA) is 96.0 Å². The number of aryl methyl sites for hydroxylation is 1. The average Bonchev–Trinajstić information content (AvgIpc) is 2.75. The van der Waals surface area contributed by atoms with Crippen molar-refractivity contribution in [2.75, 3.05) is 5.32 Å². The van der Waals surface area contributed by atoms with Crippen LogP contribution in [0.2, 0.25) is 0 Å². The summed E-state index contributed by atoms with van der Waals surface area (Å²) in [4.78, 5) is 24.1. The number of hydrogen-bond acceptors (Lipinski definition) is 5. The molecule has 3 rings (SSSR count). The number of rotatable bonds is 4. The molecule has 7 heteroatoms. The molecule has 1 aliphatic carbocycles. The maximum absolute atomic E-state index is 12.4. The molecule has 25 heavy (non-hydrogen) atoms. The van der Waals surface area contributed by atoms with Crippen LogP contribution in [-0.4, -0.2) is 10.8 Å². The van der Waals surface area contributed by atoms with E-state index in [1.165, 1.54) is 22.3 Å².